The molecule has 0 amide bonds. The molecule has 6 atom stereocenters. The number of phenolic OH excluding ortho intramolecular Hbond substituents is 1. The molecule has 0 saturated heterocycles. The SMILES string of the molecule is C[C@]12CC[C@@H]3c4ccc(O)cc4[C@H](CO)C[C@H]3[C@@H]1CCC2O. The normalized spacial score (nSPS) is 43.3. The smallest absolute Gasteiger partial charge is 0.115 e. The molecule has 3 aliphatic carbocycles. The topological polar surface area (TPSA) is 60.7 Å². The molecule has 1 unspecified atom stereocenters. The van der Waals surface area contributed by atoms with Crippen LogP contribution in [-0.2, 0) is 0 Å². The van der Waals surface area contributed by atoms with Crippen molar-refractivity contribution in [3.63, 3.8) is 0 Å². The Morgan fingerprint density at radius 1 is 1.18 bits per heavy atom. The highest BCUT2D eigenvalue weighted by molar-refractivity contribution is 5.42. The molecule has 22 heavy (non-hydrogen) atoms. The summed E-state index contributed by atoms with van der Waals surface area (Å²) < 4.78 is 0. The van der Waals surface area contributed by atoms with Gasteiger partial charge in [-0.25, -0.2) is 0 Å². The number of rotatable bonds is 1. The number of phenols is 1. The maximum absolute atomic E-state index is 10.4. The number of aliphatic hydroxyl groups excluding tert-OH is 2. The van der Waals surface area contributed by atoms with Crippen LogP contribution in [0, 0.1) is 17.3 Å². The fourth-order valence-electron chi connectivity index (χ4n) is 5.86. The third-order valence-corrected chi connectivity index (χ3v) is 7.07. The number of hydrogen-bond acceptors (Lipinski definition) is 3. The molecule has 0 spiro atoms. The molecule has 3 nitrogen and oxygen atoms in total. The molecular formula is C19H26O3. The summed E-state index contributed by atoms with van der Waals surface area (Å²) in [7, 11) is 0. The molecule has 1 aromatic carbocycles. The second-order valence-corrected chi connectivity index (χ2v) is 7.94. The fourth-order valence-corrected chi connectivity index (χ4v) is 5.86. The molecule has 3 aliphatic rings. The Morgan fingerprint density at radius 2 is 2.00 bits per heavy atom. The van der Waals surface area contributed by atoms with Crippen molar-refractivity contribution in [1.82, 2.24) is 0 Å². The van der Waals surface area contributed by atoms with Crippen LogP contribution in [0.3, 0.4) is 0 Å². The summed E-state index contributed by atoms with van der Waals surface area (Å²) in [6.07, 6.45) is 5.08. The average Bonchev–Trinajstić information content (AvgIpc) is 2.82. The Morgan fingerprint density at radius 3 is 2.77 bits per heavy atom. The van der Waals surface area contributed by atoms with Crippen LogP contribution in [0.25, 0.3) is 0 Å². The van der Waals surface area contributed by atoms with E-state index in [1.165, 1.54) is 5.56 Å². The monoisotopic (exact) mass is 302 g/mol. The van der Waals surface area contributed by atoms with Crippen LogP contribution < -0.4 is 0 Å². The number of fused-ring (bicyclic) bond motifs is 5. The minimum Gasteiger partial charge on any atom is -0.508 e. The molecule has 0 radical (unpaired) electrons. The zero-order chi connectivity index (χ0) is 15.5. The van der Waals surface area contributed by atoms with E-state index in [0.29, 0.717) is 23.5 Å². The van der Waals surface area contributed by atoms with Crippen molar-refractivity contribution in [1.29, 1.82) is 0 Å². The van der Waals surface area contributed by atoms with E-state index in [0.717, 1.165) is 37.7 Å². The predicted molar refractivity (Wildman–Crippen MR) is 84.9 cm³/mol. The average molecular weight is 302 g/mol. The lowest BCUT2D eigenvalue weighted by Gasteiger charge is -2.51. The lowest BCUT2D eigenvalue weighted by atomic mass is 9.54. The van der Waals surface area contributed by atoms with Gasteiger partial charge in [0.15, 0.2) is 0 Å². The van der Waals surface area contributed by atoms with Gasteiger partial charge in [-0.2, -0.15) is 0 Å². The summed E-state index contributed by atoms with van der Waals surface area (Å²) in [4.78, 5) is 0. The quantitative estimate of drug-likeness (QED) is 0.747. The van der Waals surface area contributed by atoms with Crippen molar-refractivity contribution < 1.29 is 15.3 Å². The Kier molecular flexibility index (Phi) is 3.28. The van der Waals surface area contributed by atoms with Gasteiger partial charge in [0.25, 0.3) is 0 Å². The second kappa shape index (κ2) is 4.97. The van der Waals surface area contributed by atoms with E-state index >= 15 is 0 Å². The maximum atomic E-state index is 10.4. The van der Waals surface area contributed by atoms with Gasteiger partial charge in [0, 0.05) is 12.5 Å². The Hall–Kier alpha value is -1.06. The molecule has 3 heteroatoms. The Balaban J connectivity index is 1.76. The zero-order valence-corrected chi connectivity index (χ0v) is 13.2. The van der Waals surface area contributed by atoms with Crippen LogP contribution in [-0.4, -0.2) is 28.0 Å². The highest BCUT2D eigenvalue weighted by Gasteiger charge is 2.55. The van der Waals surface area contributed by atoms with E-state index in [-0.39, 0.29) is 24.0 Å². The van der Waals surface area contributed by atoms with Crippen molar-refractivity contribution in [2.75, 3.05) is 6.61 Å². The van der Waals surface area contributed by atoms with Gasteiger partial charge in [-0.1, -0.05) is 13.0 Å². The van der Waals surface area contributed by atoms with Crippen LogP contribution in [0.1, 0.15) is 62.0 Å². The van der Waals surface area contributed by atoms with E-state index in [9.17, 15) is 15.3 Å². The van der Waals surface area contributed by atoms with Crippen molar-refractivity contribution in [3.8, 4) is 5.75 Å². The first kappa shape index (κ1) is 14.5. The highest BCUT2D eigenvalue weighted by atomic mass is 16.3. The van der Waals surface area contributed by atoms with Gasteiger partial charge in [0.05, 0.1) is 6.10 Å². The Bertz CT molecular complexity index is 584. The van der Waals surface area contributed by atoms with E-state index in [1.807, 2.05) is 6.07 Å². The lowest BCUT2D eigenvalue weighted by molar-refractivity contribution is -0.0265. The third-order valence-electron chi connectivity index (χ3n) is 7.07. The predicted octanol–water partition coefficient (Wildman–Crippen LogP) is 3.14. The van der Waals surface area contributed by atoms with Crippen LogP contribution in [0.15, 0.2) is 18.2 Å². The zero-order valence-electron chi connectivity index (χ0n) is 13.2. The van der Waals surface area contributed by atoms with Crippen molar-refractivity contribution in [3.05, 3.63) is 29.3 Å². The third kappa shape index (κ3) is 1.88. The molecule has 2 saturated carbocycles. The molecule has 2 fully saturated rings. The molecule has 4 rings (SSSR count). The first-order valence-electron chi connectivity index (χ1n) is 8.66. The highest BCUT2D eigenvalue weighted by Crippen LogP contribution is 2.62. The summed E-state index contributed by atoms with van der Waals surface area (Å²) >= 11 is 0. The summed E-state index contributed by atoms with van der Waals surface area (Å²) in [5, 5.41) is 30.1. The van der Waals surface area contributed by atoms with Crippen LogP contribution >= 0.6 is 0 Å². The summed E-state index contributed by atoms with van der Waals surface area (Å²) in [5.74, 6) is 2.08. The standard InChI is InChI=1S/C19H26O3/c1-19-7-6-14-13-3-2-12(21)9-15(13)11(10-20)8-16(14)17(19)4-5-18(19)22/h2-3,9,11,14,16-18,20-22H,4-8,10H2,1H3/t11-,14+,16+,17-,18?,19-/m0/s1. The van der Waals surface area contributed by atoms with Crippen molar-refractivity contribution in [2.45, 2.75) is 57.0 Å². The molecule has 0 aliphatic heterocycles. The van der Waals surface area contributed by atoms with Crippen molar-refractivity contribution in [2.24, 2.45) is 17.3 Å². The van der Waals surface area contributed by atoms with Gasteiger partial charge in [-0.3, -0.25) is 0 Å². The van der Waals surface area contributed by atoms with Gasteiger partial charge in [0.1, 0.15) is 5.75 Å². The fraction of sp³-hybridized carbons (Fsp3) is 0.684. The van der Waals surface area contributed by atoms with Gasteiger partial charge in [-0.05, 0) is 78.5 Å². The lowest BCUT2D eigenvalue weighted by Crippen LogP contribution is -2.44. The Labute approximate surface area is 132 Å². The van der Waals surface area contributed by atoms with E-state index < -0.39 is 0 Å². The summed E-state index contributed by atoms with van der Waals surface area (Å²) in [6.45, 7) is 2.41. The summed E-state index contributed by atoms with van der Waals surface area (Å²) in [5.41, 5.74) is 2.54. The van der Waals surface area contributed by atoms with Crippen LogP contribution in [0.5, 0.6) is 5.75 Å². The first-order valence-corrected chi connectivity index (χ1v) is 8.66. The van der Waals surface area contributed by atoms with Crippen LogP contribution in [0.2, 0.25) is 0 Å². The minimum absolute atomic E-state index is 0.0651. The van der Waals surface area contributed by atoms with Gasteiger partial charge >= 0.3 is 0 Å². The molecule has 1 aromatic rings. The van der Waals surface area contributed by atoms with Crippen molar-refractivity contribution >= 4 is 0 Å². The van der Waals surface area contributed by atoms with E-state index in [1.54, 1.807) is 6.07 Å². The van der Waals surface area contributed by atoms with Gasteiger partial charge in [-0.15, -0.1) is 0 Å². The van der Waals surface area contributed by atoms with Gasteiger partial charge < -0.3 is 15.3 Å². The summed E-state index contributed by atoms with van der Waals surface area (Å²) in [6, 6.07) is 5.70. The van der Waals surface area contributed by atoms with E-state index in [2.05, 4.69) is 13.0 Å². The largest absolute Gasteiger partial charge is 0.508 e. The number of hydrogen-bond donors (Lipinski definition) is 3. The first-order chi connectivity index (χ1) is 10.5. The molecule has 0 heterocycles. The minimum atomic E-state index is -0.160. The van der Waals surface area contributed by atoms with E-state index in [4.69, 9.17) is 0 Å². The molecule has 0 aromatic heterocycles. The molecule has 0 bridgehead atoms. The number of benzene rings is 1. The molecular weight excluding hydrogens is 276 g/mol. The molecule has 120 valence electrons. The number of aliphatic hydroxyl groups is 2. The second-order valence-electron chi connectivity index (χ2n) is 7.94. The van der Waals surface area contributed by atoms with Gasteiger partial charge in [0.2, 0.25) is 0 Å². The molecule has 3 N–H and O–H groups in total. The maximum Gasteiger partial charge on any atom is 0.115 e. The number of aromatic hydroxyl groups is 1. The van der Waals surface area contributed by atoms with Crippen LogP contribution in [0.4, 0.5) is 0 Å².